The Labute approximate surface area is 128 Å². The van der Waals surface area contributed by atoms with Crippen LogP contribution >= 0.6 is 0 Å². The van der Waals surface area contributed by atoms with Gasteiger partial charge in [0, 0.05) is 19.7 Å². The second-order valence-electron chi connectivity index (χ2n) is 6.24. The SMILES string of the molecule is c1ccc(C[C@H](CCN2CCOCC2)[C@H]2CCCO2)cc1. The number of hydrogen-bond donors (Lipinski definition) is 0. The van der Waals surface area contributed by atoms with Crippen LogP contribution in [0.2, 0.25) is 0 Å². The minimum atomic E-state index is 0.464. The lowest BCUT2D eigenvalue weighted by Crippen LogP contribution is -2.38. The number of morpholine rings is 1. The van der Waals surface area contributed by atoms with Crippen molar-refractivity contribution in [1.29, 1.82) is 0 Å². The molecule has 1 aromatic carbocycles. The van der Waals surface area contributed by atoms with E-state index < -0.39 is 0 Å². The Bertz CT molecular complexity index is 397. The van der Waals surface area contributed by atoms with Gasteiger partial charge in [0.2, 0.25) is 0 Å². The van der Waals surface area contributed by atoms with Gasteiger partial charge in [-0.1, -0.05) is 30.3 Å². The van der Waals surface area contributed by atoms with Crippen molar-refractivity contribution in [3.63, 3.8) is 0 Å². The van der Waals surface area contributed by atoms with Crippen LogP contribution in [0.15, 0.2) is 30.3 Å². The summed E-state index contributed by atoms with van der Waals surface area (Å²) in [4.78, 5) is 2.54. The third kappa shape index (κ3) is 4.53. The van der Waals surface area contributed by atoms with Gasteiger partial charge in [0.15, 0.2) is 0 Å². The first-order valence-corrected chi connectivity index (χ1v) is 8.37. The van der Waals surface area contributed by atoms with Crippen LogP contribution in [0.4, 0.5) is 0 Å². The highest BCUT2D eigenvalue weighted by Crippen LogP contribution is 2.26. The highest BCUT2D eigenvalue weighted by molar-refractivity contribution is 5.15. The van der Waals surface area contributed by atoms with Crippen LogP contribution in [0.1, 0.15) is 24.8 Å². The quantitative estimate of drug-likeness (QED) is 0.804. The largest absolute Gasteiger partial charge is 0.379 e. The molecular formula is C18H27NO2. The molecule has 2 aliphatic heterocycles. The molecule has 0 amide bonds. The lowest BCUT2D eigenvalue weighted by atomic mass is 9.89. The van der Waals surface area contributed by atoms with Gasteiger partial charge in [0.1, 0.15) is 0 Å². The second-order valence-corrected chi connectivity index (χ2v) is 6.24. The molecule has 0 radical (unpaired) electrons. The lowest BCUT2D eigenvalue weighted by molar-refractivity contribution is 0.0235. The van der Waals surface area contributed by atoms with E-state index in [1.54, 1.807) is 0 Å². The van der Waals surface area contributed by atoms with Crippen molar-refractivity contribution < 1.29 is 9.47 Å². The third-order valence-electron chi connectivity index (χ3n) is 4.75. The first kappa shape index (κ1) is 15.0. The summed E-state index contributed by atoms with van der Waals surface area (Å²) in [6.07, 6.45) is 5.31. The van der Waals surface area contributed by atoms with Crippen molar-refractivity contribution in [3.05, 3.63) is 35.9 Å². The second kappa shape index (κ2) is 7.92. The average Bonchev–Trinajstić information content (AvgIpc) is 3.08. The van der Waals surface area contributed by atoms with E-state index in [1.807, 2.05) is 0 Å². The van der Waals surface area contributed by atoms with E-state index in [-0.39, 0.29) is 0 Å². The smallest absolute Gasteiger partial charge is 0.0607 e. The van der Waals surface area contributed by atoms with E-state index in [9.17, 15) is 0 Å². The molecule has 3 heteroatoms. The Balaban J connectivity index is 1.56. The van der Waals surface area contributed by atoms with Crippen LogP contribution in [-0.2, 0) is 15.9 Å². The van der Waals surface area contributed by atoms with Crippen LogP contribution in [0, 0.1) is 5.92 Å². The maximum absolute atomic E-state index is 5.98. The minimum Gasteiger partial charge on any atom is -0.379 e. The fourth-order valence-corrected chi connectivity index (χ4v) is 3.48. The maximum atomic E-state index is 5.98. The van der Waals surface area contributed by atoms with Crippen LogP contribution in [-0.4, -0.2) is 50.5 Å². The summed E-state index contributed by atoms with van der Waals surface area (Å²) < 4.78 is 11.4. The summed E-state index contributed by atoms with van der Waals surface area (Å²) in [6, 6.07) is 10.9. The molecule has 116 valence electrons. The van der Waals surface area contributed by atoms with E-state index in [0.717, 1.165) is 39.3 Å². The normalized spacial score (nSPS) is 25.0. The summed E-state index contributed by atoms with van der Waals surface area (Å²) in [5.74, 6) is 0.651. The van der Waals surface area contributed by atoms with E-state index >= 15 is 0 Å². The van der Waals surface area contributed by atoms with Crippen LogP contribution in [0.25, 0.3) is 0 Å². The first-order valence-electron chi connectivity index (χ1n) is 8.37. The Morgan fingerprint density at radius 2 is 1.90 bits per heavy atom. The Hall–Kier alpha value is -0.900. The van der Waals surface area contributed by atoms with Gasteiger partial charge in [0.05, 0.1) is 19.3 Å². The molecule has 0 saturated carbocycles. The Morgan fingerprint density at radius 3 is 2.62 bits per heavy atom. The monoisotopic (exact) mass is 289 g/mol. The van der Waals surface area contributed by atoms with Crippen molar-refractivity contribution in [3.8, 4) is 0 Å². The van der Waals surface area contributed by atoms with Crippen molar-refractivity contribution >= 4 is 0 Å². The summed E-state index contributed by atoms with van der Waals surface area (Å²) in [6.45, 7) is 6.09. The molecule has 2 fully saturated rings. The van der Waals surface area contributed by atoms with Gasteiger partial charge < -0.3 is 9.47 Å². The predicted octanol–water partition coefficient (Wildman–Crippen LogP) is 2.75. The fourth-order valence-electron chi connectivity index (χ4n) is 3.48. The zero-order chi connectivity index (χ0) is 14.3. The van der Waals surface area contributed by atoms with E-state index in [4.69, 9.17) is 9.47 Å². The molecule has 0 bridgehead atoms. The molecule has 21 heavy (non-hydrogen) atoms. The first-order chi connectivity index (χ1) is 10.4. The Kier molecular flexibility index (Phi) is 5.67. The minimum absolute atomic E-state index is 0.464. The summed E-state index contributed by atoms with van der Waals surface area (Å²) >= 11 is 0. The summed E-state index contributed by atoms with van der Waals surface area (Å²) in [5.41, 5.74) is 1.44. The molecule has 3 rings (SSSR count). The highest BCUT2D eigenvalue weighted by Gasteiger charge is 2.26. The number of rotatable bonds is 6. The van der Waals surface area contributed by atoms with Crippen molar-refractivity contribution in [2.24, 2.45) is 5.92 Å². The molecule has 0 aliphatic carbocycles. The summed E-state index contributed by atoms with van der Waals surface area (Å²) in [5, 5.41) is 0. The predicted molar refractivity (Wildman–Crippen MR) is 84.5 cm³/mol. The zero-order valence-electron chi connectivity index (χ0n) is 12.9. The molecule has 3 nitrogen and oxygen atoms in total. The number of ether oxygens (including phenoxy) is 2. The Morgan fingerprint density at radius 1 is 1.10 bits per heavy atom. The molecule has 0 N–H and O–H groups in total. The van der Waals surface area contributed by atoms with Crippen LogP contribution < -0.4 is 0 Å². The molecule has 1 aromatic rings. The molecule has 0 aromatic heterocycles. The van der Waals surface area contributed by atoms with Gasteiger partial charge in [-0.05, 0) is 43.7 Å². The van der Waals surface area contributed by atoms with Crippen molar-refractivity contribution in [1.82, 2.24) is 4.90 Å². The average molecular weight is 289 g/mol. The number of nitrogens with zero attached hydrogens (tertiary/aromatic N) is 1. The molecular weight excluding hydrogens is 262 g/mol. The molecule has 2 saturated heterocycles. The molecule has 2 atom stereocenters. The van der Waals surface area contributed by atoms with Gasteiger partial charge in [-0.25, -0.2) is 0 Å². The van der Waals surface area contributed by atoms with Crippen LogP contribution in [0.5, 0.6) is 0 Å². The van der Waals surface area contributed by atoms with Gasteiger partial charge in [0.25, 0.3) is 0 Å². The van der Waals surface area contributed by atoms with E-state index in [1.165, 1.54) is 31.4 Å². The number of hydrogen-bond acceptors (Lipinski definition) is 3. The van der Waals surface area contributed by atoms with Crippen molar-refractivity contribution in [2.45, 2.75) is 31.8 Å². The van der Waals surface area contributed by atoms with Gasteiger partial charge >= 0.3 is 0 Å². The van der Waals surface area contributed by atoms with Gasteiger partial charge in [-0.2, -0.15) is 0 Å². The zero-order valence-corrected chi connectivity index (χ0v) is 12.9. The van der Waals surface area contributed by atoms with Crippen molar-refractivity contribution in [2.75, 3.05) is 39.5 Å². The molecule has 2 heterocycles. The van der Waals surface area contributed by atoms with E-state index in [0.29, 0.717) is 12.0 Å². The fraction of sp³-hybridized carbons (Fsp3) is 0.667. The van der Waals surface area contributed by atoms with Gasteiger partial charge in [-0.3, -0.25) is 4.90 Å². The highest BCUT2D eigenvalue weighted by atomic mass is 16.5. The third-order valence-corrected chi connectivity index (χ3v) is 4.75. The maximum Gasteiger partial charge on any atom is 0.0607 e. The van der Waals surface area contributed by atoms with Crippen LogP contribution in [0.3, 0.4) is 0 Å². The number of benzene rings is 1. The molecule has 0 spiro atoms. The topological polar surface area (TPSA) is 21.7 Å². The standard InChI is InChI=1S/C18H27NO2/c1-2-5-16(6-3-1)15-17(18-7-4-12-21-18)8-9-19-10-13-20-14-11-19/h1-3,5-6,17-18H,4,7-15H2/t17-,18+/m0/s1. The lowest BCUT2D eigenvalue weighted by Gasteiger charge is -2.30. The molecule has 0 unspecified atom stereocenters. The van der Waals surface area contributed by atoms with E-state index in [2.05, 4.69) is 35.2 Å². The summed E-state index contributed by atoms with van der Waals surface area (Å²) in [7, 11) is 0. The molecule has 2 aliphatic rings. The van der Waals surface area contributed by atoms with Gasteiger partial charge in [-0.15, -0.1) is 0 Å².